The summed E-state index contributed by atoms with van der Waals surface area (Å²) in [6.07, 6.45) is -17.3. The average molecular weight is 1090 g/mol. The zero-order valence-electron chi connectivity index (χ0n) is 45.2. The van der Waals surface area contributed by atoms with Crippen molar-refractivity contribution in [3.63, 3.8) is 0 Å². The number of rotatable bonds is 14. The van der Waals surface area contributed by atoms with E-state index in [2.05, 4.69) is 26.7 Å². The summed E-state index contributed by atoms with van der Waals surface area (Å²) in [5, 5.41) is 51.7. The molecule has 0 radical (unpaired) electrons. The normalized spacial score (nSPS) is 39.5. The van der Waals surface area contributed by atoms with Gasteiger partial charge in [0, 0.05) is 25.7 Å². The standard InChI is InChI=1S/C49H88N2O16P2S2/c1-19-26-22(3)34(28(50-24(5)52)40(60-26)46(7,8)9)62-45-33(57)32(56)37(67-49(16,17)18)39(65-45)43(59)71(69)21-70(68)42(58)38-35(66-48(13,14)15)23(4)30(54)44(64-38)63-36-29(51-25(6)53)41(47(10,11)12)61-27(20-2)31(36)55/h22-23,26-41,44-45,54-57,68-69H,19-21H2,1-18H3,(H,50,52)(H,51,53). The second-order valence-corrected chi connectivity index (χ2v) is 30.1. The molecule has 18 nitrogen and oxygen atoms in total. The molecular weight excluding hydrogens is 999 g/mol. The van der Waals surface area contributed by atoms with Crippen LogP contribution in [0.2, 0.25) is 0 Å². The molecule has 71 heavy (non-hydrogen) atoms. The minimum absolute atomic E-state index is 0.135. The fourth-order valence-electron chi connectivity index (χ4n) is 9.91. The maximum atomic E-state index is 14.9. The average Bonchev–Trinajstić information content (AvgIpc) is 3.22. The molecule has 0 aromatic heterocycles. The lowest BCUT2D eigenvalue weighted by Crippen LogP contribution is -2.68. The first-order chi connectivity index (χ1) is 32.4. The highest BCUT2D eigenvalue weighted by molar-refractivity contribution is 8.39. The monoisotopic (exact) mass is 1090 g/mol. The second kappa shape index (κ2) is 24.6. The Hall–Kier alpha value is -0.900. The molecule has 4 aliphatic rings. The van der Waals surface area contributed by atoms with Crippen molar-refractivity contribution in [1.29, 1.82) is 0 Å². The number of hydrogen-bond acceptors (Lipinski definition) is 16. The van der Waals surface area contributed by atoms with Gasteiger partial charge in [0.1, 0.15) is 36.6 Å². The van der Waals surface area contributed by atoms with Crippen LogP contribution in [0.1, 0.15) is 137 Å². The number of carbonyl (C=O) groups is 4. The van der Waals surface area contributed by atoms with Crippen LogP contribution in [0.3, 0.4) is 0 Å². The lowest BCUT2D eigenvalue weighted by Gasteiger charge is -2.52. The highest BCUT2D eigenvalue weighted by atomic mass is 32.5. The summed E-state index contributed by atoms with van der Waals surface area (Å²) in [5.41, 5.74) is -2.72. The fourth-order valence-corrected chi connectivity index (χ4v) is 16.6. The lowest BCUT2D eigenvalue weighted by atomic mass is 9.76. The highest BCUT2D eigenvalue weighted by Crippen LogP contribution is 2.42. The van der Waals surface area contributed by atoms with Crippen LogP contribution in [0, 0.1) is 22.7 Å². The summed E-state index contributed by atoms with van der Waals surface area (Å²) >= 11 is 0. The Bertz CT molecular complexity index is 1770. The van der Waals surface area contributed by atoms with Crippen LogP contribution in [-0.4, -0.2) is 169 Å². The largest absolute Gasteiger partial charge is 0.388 e. The predicted octanol–water partition coefficient (Wildman–Crippen LogP) is 4.11. The van der Waals surface area contributed by atoms with Gasteiger partial charge in [0.15, 0.2) is 24.8 Å². The summed E-state index contributed by atoms with van der Waals surface area (Å²) in [7, 11) is 4.34. The molecule has 412 valence electrons. The topological polar surface area (TPSA) is 247 Å². The van der Waals surface area contributed by atoms with Gasteiger partial charge in [0.2, 0.25) is 22.0 Å². The first kappa shape index (κ1) is 62.6. The Morgan fingerprint density at radius 3 is 1.35 bits per heavy atom. The predicted molar refractivity (Wildman–Crippen MR) is 277 cm³/mol. The van der Waals surface area contributed by atoms with Gasteiger partial charge < -0.3 is 69.0 Å². The first-order valence-electron chi connectivity index (χ1n) is 24.9. The molecule has 22 atom stereocenters. The molecular formula is C49H88N2O16P2S2. The van der Waals surface area contributed by atoms with E-state index < -0.39 is 162 Å². The van der Waals surface area contributed by atoms with E-state index in [9.17, 15) is 39.6 Å². The van der Waals surface area contributed by atoms with Crippen molar-refractivity contribution in [3.8, 4) is 0 Å². The molecule has 4 fully saturated rings. The van der Waals surface area contributed by atoms with Gasteiger partial charge in [-0.05, 0) is 65.2 Å². The second-order valence-electron chi connectivity index (χ2n) is 23.9. The van der Waals surface area contributed by atoms with E-state index in [0.717, 1.165) is 0 Å². The van der Waals surface area contributed by atoms with Crippen molar-refractivity contribution >= 4 is 58.2 Å². The molecule has 6 N–H and O–H groups in total. The number of hydrogen-bond donors (Lipinski definition) is 6. The Labute approximate surface area is 431 Å². The van der Waals surface area contributed by atoms with Gasteiger partial charge in [-0.25, -0.2) is 0 Å². The van der Waals surface area contributed by atoms with Crippen LogP contribution in [0.5, 0.6) is 0 Å². The minimum Gasteiger partial charge on any atom is -0.388 e. The molecule has 2 amide bonds. The van der Waals surface area contributed by atoms with E-state index in [1.165, 1.54) is 13.8 Å². The molecule has 22 heteroatoms. The van der Waals surface area contributed by atoms with E-state index in [0.29, 0.717) is 12.8 Å². The maximum Gasteiger partial charge on any atom is 0.219 e. The number of carbonyl (C=O) groups excluding carboxylic acids is 4. The molecule has 0 spiro atoms. The number of amides is 2. The summed E-state index contributed by atoms with van der Waals surface area (Å²) in [6.45, 7) is 32.7. The van der Waals surface area contributed by atoms with Crippen LogP contribution < -0.4 is 10.6 Å². The van der Waals surface area contributed by atoms with Gasteiger partial charge in [0.05, 0.1) is 65.0 Å². The Morgan fingerprint density at radius 2 is 0.930 bits per heavy atom. The molecule has 4 saturated heterocycles. The van der Waals surface area contributed by atoms with Crippen molar-refractivity contribution in [2.24, 2.45) is 22.7 Å². The molecule has 0 aliphatic carbocycles. The van der Waals surface area contributed by atoms with Gasteiger partial charge in [-0.15, -0.1) is 0 Å². The minimum atomic E-state index is -1.69. The van der Waals surface area contributed by atoms with Crippen LogP contribution in [0.25, 0.3) is 0 Å². The van der Waals surface area contributed by atoms with Gasteiger partial charge >= 0.3 is 0 Å². The molecule has 0 saturated carbocycles. The third kappa shape index (κ3) is 15.6. The number of ether oxygens (including phenoxy) is 8. The third-order valence-corrected chi connectivity index (χ3v) is 19.9. The lowest BCUT2D eigenvalue weighted by molar-refractivity contribution is -0.329. The van der Waals surface area contributed by atoms with Gasteiger partial charge in [-0.1, -0.05) is 105 Å². The Balaban J connectivity index is 1.67. The van der Waals surface area contributed by atoms with Crippen LogP contribution >= 0.6 is 16.0 Å². The third-order valence-electron chi connectivity index (χ3n) is 13.3. The molecule has 0 bridgehead atoms. The fraction of sp³-hybridized carbons (Fsp3) is 0.918. The van der Waals surface area contributed by atoms with Crippen molar-refractivity contribution < 1.29 is 77.5 Å². The van der Waals surface area contributed by atoms with E-state index in [-0.39, 0.29) is 28.9 Å². The molecule has 4 rings (SSSR count). The molecule has 4 aliphatic heterocycles. The van der Waals surface area contributed by atoms with Crippen molar-refractivity contribution in [1.82, 2.24) is 10.6 Å². The first-order valence-corrected chi connectivity index (χ1v) is 30.1. The number of aliphatic hydroxyl groups is 4. The zero-order valence-corrected chi connectivity index (χ0v) is 48.8. The van der Waals surface area contributed by atoms with Gasteiger partial charge in [-0.3, -0.25) is 19.2 Å². The van der Waals surface area contributed by atoms with E-state index in [1.807, 2.05) is 83.1 Å². The summed E-state index contributed by atoms with van der Waals surface area (Å²) in [6, 6.07) is -1.57. The van der Waals surface area contributed by atoms with Gasteiger partial charge in [-0.2, -0.15) is 0 Å². The summed E-state index contributed by atoms with van der Waals surface area (Å²) < 4.78 is 51.6. The van der Waals surface area contributed by atoms with Gasteiger partial charge in [0.25, 0.3) is 0 Å². The van der Waals surface area contributed by atoms with E-state index >= 15 is 0 Å². The van der Waals surface area contributed by atoms with Crippen LogP contribution in [0.4, 0.5) is 0 Å². The van der Waals surface area contributed by atoms with Crippen LogP contribution in [0.15, 0.2) is 0 Å². The number of nitrogens with one attached hydrogen (secondary N) is 2. The summed E-state index contributed by atoms with van der Waals surface area (Å²) in [5.74, 6) is -1.80. The highest BCUT2D eigenvalue weighted by Gasteiger charge is 2.57. The Kier molecular flexibility index (Phi) is 21.7. The summed E-state index contributed by atoms with van der Waals surface area (Å²) in [4.78, 5) is 54.9. The number of aliphatic hydroxyl groups excluding tert-OH is 4. The van der Waals surface area contributed by atoms with E-state index in [1.54, 1.807) is 27.7 Å². The zero-order chi connectivity index (χ0) is 54.2. The molecule has 0 aromatic carbocycles. The van der Waals surface area contributed by atoms with Crippen molar-refractivity contribution in [3.05, 3.63) is 0 Å². The Morgan fingerprint density at radius 1 is 0.535 bits per heavy atom. The maximum absolute atomic E-state index is 14.9. The van der Waals surface area contributed by atoms with Crippen molar-refractivity contribution in [2.75, 3.05) is 5.08 Å². The molecule has 22 unspecified atom stereocenters. The smallest absolute Gasteiger partial charge is 0.219 e. The molecule has 4 heterocycles. The van der Waals surface area contributed by atoms with Crippen LogP contribution in [-0.2, 0) is 77.2 Å². The van der Waals surface area contributed by atoms with Crippen molar-refractivity contribution in [2.45, 2.75) is 259 Å². The SMILES string of the molecule is CCC1OC(C(C)(C)C)C(NC(C)=O)C(OC2OC(C(=O)S(=P)CS(=P)C(=O)C3OC(OC4C(O)C(CC)OC(C(C)(C)C)C4NC(C)=O)C(O)C(C)C3OC(C)(C)C)C(OC(C)(C)C)C(O)C2O)C1C. The van der Waals surface area contributed by atoms with E-state index in [4.69, 9.17) is 37.9 Å². The molecule has 0 aromatic rings. The quantitative estimate of drug-likeness (QED) is 0.134.